The Morgan fingerprint density at radius 3 is 2.53 bits per heavy atom. The Bertz CT molecular complexity index is 262. The second-order valence-electron chi connectivity index (χ2n) is 3.79. The van der Waals surface area contributed by atoms with E-state index in [9.17, 15) is 0 Å². The van der Waals surface area contributed by atoms with Crippen LogP contribution in [0, 0.1) is 0 Å². The van der Waals surface area contributed by atoms with Crippen LogP contribution in [0.3, 0.4) is 0 Å². The van der Waals surface area contributed by atoms with Crippen LogP contribution in [-0.4, -0.2) is 24.5 Å². The first-order valence-corrected chi connectivity index (χ1v) is 5.19. The van der Waals surface area contributed by atoms with Crippen LogP contribution >= 0.6 is 0 Å². The lowest BCUT2D eigenvalue weighted by Crippen LogP contribution is -2.24. The zero-order valence-electron chi connectivity index (χ0n) is 10.2. The van der Waals surface area contributed by atoms with Crippen LogP contribution in [0.1, 0.15) is 20.8 Å². The maximum atomic E-state index is 5.84. The van der Waals surface area contributed by atoms with Crippen molar-refractivity contribution in [2.45, 2.75) is 26.8 Å². The molecule has 86 valence electrons. The summed E-state index contributed by atoms with van der Waals surface area (Å²) in [5, 5.41) is 0. The van der Waals surface area contributed by atoms with Crippen molar-refractivity contribution >= 4 is 0 Å². The molecule has 0 bridgehead atoms. The van der Waals surface area contributed by atoms with E-state index in [2.05, 4.69) is 17.9 Å². The van der Waals surface area contributed by atoms with Crippen molar-refractivity contribution in [3.05, 3.63) is 35.7 Å². The lowest BCUT2D eigenvalue weighted by Gasteiger charge is -2.20. The van der Waals surface area contributed by atoms with Crippen LogP contribution in [0.15, 0.2) is 35.7 Å². The number of nitrogens with zero attached hydrogens (tertiary/aromatic N) is 1. The lowest BCUT2D eigenvalue weighted by atomic mass is 10.2. The molecule has 3 nitrogen and oxygen atoms in total. The molecule has 0 aliphatic carbocycles. The molecular weight excluding hydrogens is 186 g/mol. The maximum absolute atomic E-state index is 5.84. The molecule has 0 aromatic heterocycles. The first kappa shape index (κ1) is 13.8. The molecule has 1 unspecified atom stereocenters. The zero-order valence-corrected chi connectivity index (χ0v) is 10.2. The van der Waals surface area contributed by atoms with E-state index in [1.165, 1.54) is 5.70 Å². The summed E-state index contributed by atoms with van der Waals surface area (Å²) in [7, 11) is 2.01. The van der Waals surface area contributed by atoms with Gasteiger partial charge in [0.05, 0.1) is 6.54 Å². The van der Waals surface area contributed by atoms with E-state index >= 15 is 0 Å². The van der Waals surface area contributed by atoms with Gasteiger partial charge in [-0.25, -0.2) is 0 Å². The molecule has 0 saturated heterocycles. The molecular formula is C12H23N3. The second-order valence-corrected chi connectivity index (χ2v) is 3.79. The van der Waals surface area contributed by atoms with Gasteiger partial charge in [0.25, 0.3) is 0 Å². The Hall–Kier alpha value is -1.22. The van der Waals surface area contributed by atoms with E-state index in [0.717, 1.165) is 5.70 Å². The van der Waals surface area contributed by atoms with Gasteiger partial charge in [-0.15, -0.1) is 0 Å². The molecule has 0 rings (SSSR count). The average molecular weight is 209 g/mol. The van der Waals surface area contributed by atoms with Crippen molar-refractivity contribution in [1.82, 2.24) is 4.90 Å². The summed E-state index contributed by atoms with van der Waals surface area (Å²) in [5.74, 6) is 0. The fraction of sp³-hybridized carbons (Fsp3) is 0.500. The third kappa shape index (κ3) is 6.80. The van der Waals surface area contributed by atoms with Crippen molar-refractivity contribution in [3.8, 4) is 0 Å². The molecule has 15 heavy (non-hydrogen) atoms. The smallest absolute Gasteiger partial charge is 0.0565 e. The van der Waals surface area contributed by atoms with Gasteiger partial charge in [-0.05, 0) is 32.9 Å². The minimum atomic E-state index is 0.0122. The summed E-state index contributed by atoms with van der Waals surface area (Å²) in [5.41, 5.74) is 13.4. The first-order chi connectivity index (χ1) is 6.97. The summed E-state index contributed by atoms with van der Waals surface area (Å²) in [6.07, 6.45) is 7.94. The molecule has 0 saturated carbocycles. The maximum Gasteiger partial charge on any atom is 0.0565 e. The summed E-state index contributed by atoms with van der Waals surface area (Å²) < 4.78 is 0. The highest BCUT2D eigenvalue weighted by Gasteiger charge is 2.00. The van der Waals surface area contributed by atoms with E-state index in [1.807, 2.05) is 39.1 Å². The Morgan fingerprint density at radius 1 is 1.47 bits per heavy atom. The molecule has 0 aromatic carbocycles. The molecule has 0 fully saturated rings. The van der Waals surface area contributed by atoms with Gasteiger partial charge in [-0.3, -0.25) is 0 Å². The number of hydrogen-bond acceptors (Lipinski definition) is 3. The molecule has 0 amide bonds. The Labute approximate surface area is 93.1 Å². The van der Waals surface area contributed by atoms with Crippen molar-refractivity contribution in [1.29, 1.82) is 0 Å². The normalized spacial score (nSPS) is 15.8. The lowest BCUT2D eigenvalue weighted by molar-refractivity contribution is 0.451. The van der Waals surface area contributed by atoms with Gasteiger partial charge in [0, 0.05) is 24.5 Å². The number of likely N-dealkylation sites (N-methyl/N-ethyl adjacent to an activating group) is 1. The molecule has 3 heteroatoms. The Morgan fingerprint density at radius 2 is 2.07 bits per heavy atom. The van der Waals surface area contributed by atoms with Crippen molar-refractivity contribution in [3.63, 3.8) is 0 Å². The predicted molar refractivity (Wildman–Crippen MR) is 67.1 cm³/mol. The third-order valence-corrected chi connectivity index (χ3v) is 2.03. The fourth-order valence-electron chi connectivity index (χ4n) is 1.15. The molecule has 4 N–H and O–H groups in total. The predicted octanol–water partition coefficient (Wildman–Crippen LogP) is 1.59. The van der Waals surface area contributed by atoms with Crippen molar-refractivity contribution in [2.75, 3.05) is 13.6 Å². The van der Waals surface area contributed by atoms with E-state index in [4.69, 9.17) is 11.5 Å². The van der Waals surface area contributed by atoms with Crippen LogP contribution < -0.4 is 11.5 Å². The standard InChI is InChI=1S/C12H23N3/c1-5-6-7-11(3)15(4)9-12(14)8-10(2)13/h5-8,10H,9,13-14H2,1-4H3/b6-5-,11-7+,12-8-. The van der Waals surface area contributed by atoms with Gasteiger partial charge in [0.2, 0.25) is 0 Å². The van der Waals surface area contributed by atoms with E-state index in [0.29, 0.717) is 6.54 Å². The van der Waals surface area contributed by atoms with E-state index < -0.39 is 0 Å². The number of rotatable bonds is 5. The Balaban J connectivity index is 4.30. The third-order valence-electron chi connectivity index (χ3n) is 2.03. The fourth-order valence-corrected chi connectivity index (χ4v) is 1.15. The van der Waals surface area contributed by atoms with E-state index in [-0.39, 0.29) is 6.04 Å². The highest BCUT2D eigenvalue weighted by Crippen LogP contribution is 2.02. The molecule has 0 spiro atoms. The van der Waals surface area contributed by atoms with E-state index in [1.54, 1.807) is 0 Å². The minimum absolute atomic E-state index is 0.0122. The van der Waals surface area contributed by atoms with Gasteiger partial charge in [-0.1, -0.05) is 12.2 Å². The Kier molecular flexibility index (Phi) is 6.54. The summed E-state index contributed by atoms with van der Waals surface area (Å²) >= 11 is 0. The highest BCUT2D eigenvalue weighted by molar-refractivity contribution is 5.12. The average Bonchev–Trinajstić information content (AvgIpc) is 2.12. The SMILES string of the molecule is C/C=C\C=C(/C)N(C)C/C(N)=C/C(C)N. The minimum Gasteiger partial charge on any atom is -0.401 e. The summed E-state index contributed by atoms with van der Waals surface area (Å²) in [4.78, 5) is 2.09. The van der Waals surface area contributed by atoms with Gasteiger partial charge in [-0.2, -0.15) is 0 Å². The number of allylic oxidation sites excluding steroid dienone is 4. The van der Waals surface area contributed by atoms with Crippen LogP contribution in [0.5, 0.6) is 0 Å². The van der Waals surface area contributed by atoms with Crippen LogP contribution in [-0.2, 0) is 0 Å². The second kappa shape index (κ2) is 7.12. The van der Waals surface area contributed by atoms with Crippen molar-refractivity contribution < 1.29 is 0 Å². The van der Waals surface area contributed by atoms with Crippen LogP contribution in [0.4, 0.5) is 0 Å². The quantitative estimate of drug-likeness (QED) is 0.676. The molecule has 0 radical (unpaired) electrons. The van der Waals surface area contributed by atoms with Gasteiger partial charge >= 0.3 is 0 Å². The number of nitrogens with two attached hydrogens (primary N) is 2. The van der Waals surface area contributed by atoms with Gasteiger partial charge < -0.3 is 16.4 Å². The topological polar surface area (TPSA) is 55.3 Å². The molecule has 0 aliphatic rings. The summed E-state index contributed by atoms with van der Waals surface area (Å²) in [6.45, 7) is 6.67. The molecule has 0 aromatic rings. The van der Waals surface area contributed by atoms with Crippen LogP contribution in [0.25, 0.3) is 0 Å². The summed E-state index contributed by atoms with van der Waals surface area (Å²) in [6, 6.07) is 0.0122. The van der Waals surface area contributed by atoms with Gasteiger partial charge in [0.15, 0.2) is 0 Å². The van der Waals surface area contributed by atoms with Crippen molar-refractivity contribution in [2.24, 2.45) is 11.5 Å². The van der Waals surface area contributed by atoms with Crippen LogP contribution in [0.2, 0.25) is 0 Å². The highest BCUT2D eigenvalue weighted by atomic mass is 15.1. The zero-order chi connectivity index (χ0) is 11.8. The largest absolute Gasteiger partial charge is 0.401 e. The molecule has 0 heterocycles. The van der Waals surface area contributed by atoms with Gasteiger partial charge in [0.1, 0.15) is 0 Å². The molecule has 0 aliphatic heterocycles. The molecule has 1 atom stereocenters. The number of hydrogen-bond donors (Lipinski definition) is 2. The first-order valence-electron chi connectivity index (χ1n) is 5.19. The monoisotopic (exact) mass is 209 g/mol.